The Kier molecular flexibility index (Phi) is 3.73. The Hall–Kier alpha value is -0.620. The van der Waals surface area contributed by atoms with E-state index in [0.717, 1.165) is 3.57 Å². The lowest BCUT2D eigenvalue weighted by molar-refractivity contribution is -0.125. The molecule has 90 valence electrons. The quantitative estimate of drug-likeness (QED) is 0.568. The fourth-order valence-corrected chi connectivity index (χ4v) is 2.63. The molecule has 1 aromatic carbocycles. The Balaban J connectivity index is 2.31. The van der Waals surface area contributed by atoms with Crippen molar-refractivity contribution < 1.29 is 9.59 Å². The summed E-state index contributed by atoms with van der Waals surface area (Å²) in [6.45, 7) is 2.47. The summed E-state index contributed by atoms with van der Waals surface area (Å²) in [5.41, 5.74) is 0.501. The molecule has 1 unspecified atom stereocenters. The summed E-state index contributed by atoms with van der Waals surface area (Å²) in [6.07, 6.45) is 0.447. The van der Waals surface area contributed by atoms with Crippen LogP contribution >= 0.6 is 34.2 Å². The summed E-state index contributed by atoms with van der Waals surface area (Å²) in [4.78, 5) is 25.2. The van der Waals surface area contributed by atoms with E-state index in [2.05, 4.69) is 22.6 Å². The molecule has 1 atom stereocenters. The van der Waals surface area contributed by atoms with Crippen LogP contribution in [0.1, 0.15) is 23.7 Å². The van der Waals surface area contributed by atoms with E-state index in [1.165, 1.54) is 4.90 Å². The second kappa shape index (κ2) is 4.94. The number of halogens is 2. The summed E-state index contributed by atoms with van der Waals surface area (Å²) in [5, 5.41) is 0.508. The van der Waals surface area contributed by atoms with Gasteiger partial charge >= 0.3 is 0 Å². The number of hydrogen-bond donors (Lipinski definition) is 0. The molecular weight excluding hydrogens is 352 g/mol. The number of carbonyl (C=O) groups is 2. The van der Waals surface area contributed by atoms with E-state index in [4.69, 9.17) is 11.6 Å². The molecule has 0 aromatic heterocycles. The molecule has 0 N–H and O–H groups in total. The molecule has 1 heterocycles. The molecule has 0 radical (unpaired) electrons. The van der Waals surface area contributed by atoms with Gasteiger partial charge in [-0.25, -0.2) is 0 Å². The van der Waals surface area contributed by atoms with Crippen molar-refractivity contribution >= 4 is 46.0 Å². The summed E-state index contributed by atoms with van der Waals surface area (Å²) < 4.78 is 0.810. The highest BCUT2D eigenvalue weighted by Gasteiger charge is 2.32. The number of benzene rings is 1. The van der Waals surface area contributed by atoms with Gasteiger partial charge < -0.3 is 0 Å². The minimum absolute atomic E-state index is 0.0988. The van der Waals surface area contributed by atoms with Gasteiger partial charge in [0.15, 0.2) is 0 Å². The molecule has 0 bridgehead atoms. The summed E-state index contributed by atoms with van der Waals surface area (Å²) in [7, 11) is 0. The van der Waals surface area contributed by atoms with Crippen LogP contribution in [0.3, 0.4) is 0 Å². The first-order chi connectivity index (χ1) is 7.99. The molecule has 1 aromatic rings. The monoisotopic (exact) mass is 363 g/mol. The van der Waals surface area contributed by atoms with Crippen LogP contribution in [-0.4, -0.2) is 23.3 Å². The Bertz CT molecular complexity index is 489. The van der Waals surface area contributed by atoms with Gasteiger partial charge in [-0.2, -0.15) is 0 Å². The zero-order chi connectivity index (χ0) is 12.6. The predicted octanol–water partition coefficient (Wildman–Crippen LogP) is 2.95. The van der Waals surface area contributed by atoms with E-state index < -0.39 is 0 Å². The third-order valence-corrected chi connectivity index (χ3v) is 3.90. The number of rotatable bonds is 1. The maximum atomic E-state index is 12.2. The molecule has 3 nitrogen and oxygen atoms in total. The Morgan fingerprint density at radius 3 is 2.82 bits per heavy atom. The van der Waals surface area contributed by atoms with E-state index in [-0.39, 0.29) is 17.7 Å². The average molecular weight is 364 g/mol. The summed E-state index contributed by atoms with van der Waals surface area (Å²) in [5.74, 6) is -0.104. The van der Waals surface area contributed by atoms with Gasteiger partial charge in [0, 0.05) is 21.6 Å². The van der Waals surface area contributed by atoms with E-state index in [1.54, 1.807) is 18.2 Å². The SMILES string of the molecule is CC1CC(=O)N(C(=O)c2cc(Cl)ccc2I)C1. The zero-order valence-electron chi connectivity index (χ0n) is 9.24. The van der Waals surface area contributed by atoms with Crippen molar-refractivity contribution in [3.63, 3.8) is 0 Å². The van der Waals surface area contributed by atoms with Gasteiger partial charge in [-0.15, -0.1) is 0 Å². The van der Waals surface area contributed by atoms with Crippen molar-refractivity contribution in [3.05, 3.63) is 32.4 Å². The number of hydrogen-bond acceptors (Lipinski definition) is 2. The van der Waals surface area contributed by atoms with Crippen LogP contribution in [0.25, 0.3) is 0 Å². The molecule has 0 saturated carbocycles. The van der Waals surface area contributed by atoms with Crippen LogP contribution in [0.2, 0.25) is 5.02 Å². The fourth-order valence-electron chi connectivity index (χ4n) is 1.89. The second-order valence-electron chi connectivity index (χ2n) is 4.24. The highest BCUT2D eigenvalue weighted by molar-refractivity contribution is 14.1. The van der Waals surface area contributed by atoms with Crippen LogP contribution in [0.5, 0.6) is 0 Å². The zero-order valence-corrected chi connectivity index (χ0v) is 12.2. The first-order valence-electron chi connectivity index (χ1n) is 5.29. The number of carbonyl (C=O) groups excluding carboxylic acids is 2. The summed E-state index contributed by atoms with van der Waals surface area (Å²) in [6, 6.07) is 5.12. The molecule has 1 aliphatic heterocycles. The van der Waals surface area contributed by atoms with E-state index in [9.17, 15) is 9.59 Å². The standard InChI is InChI=1S/C12H11ClINO2/c1-7-4-11(16)15(6-7)12(17)9-5-8(13)2-3-10(9)14/h2-3,5,7H,4,6H2,1H3. The topological polar surface area (TPSA) is 37.4 Å². The molecule has 2 rings (SSSR count). The van der Waals surface area contributed by atoms with Crippen molar-refractivity contribution in [1.82, 2.24) is 4.90 Å². The van der Waals surface area contributed by atoms with Gasteiger partial charge in [0.2, 0.25) is 5.91 Å². The molecule has 0 aliphatic carbocycles. The van der Waals surface area contributed by atoms with Gasteiger partial charge in [-0.1, -0.05) is 18.5 Å². The predicted molar refractivity (Wildman–Crippen MR) is 74.0 cm³/mol. The Labute approximate surface area is 118 Å². The minimum Gasteiger partial charge on any atom is -0.278 e. The van der Waals surface area contributed by atoms with Gasteiger partial charge in [0.1, 0.15) is 0 Å². The Morgan fingerprint density at radius 2 is 2.24 bits per heavy atom. The van der Waals surface area contributed by atoms with Crippen molar-refractivity contribution in [1.29, 1.82) is 0 Å². The van der Waals surface area contributed by atoms with Crippen molar-refractivity contribution in [3.8, 4) is 0 Å². The van der Waals surface area contributed by atoms with E-state index in [0.29, 0.717) is 23.6 Å². The van der Waals surface area contributed by atoms with Crippen LogP contribution in [0.4, 0.5) is 0 Å². The average Bonchev–Trinajstić information content (AvgIpc) is 2.60. The summed E-state index contributed by atoms with van der Waals surface area (Å²) >= 11 is 7.95. The molecule has 17 heavy (non-hydrogen) atoms. The lowest BCUT2D eigenvalue weighted by atomic mass is 10.2. The normalized spacial score (nSPS) is 19.8. The maximum Gasteiger partial charge on any atom is 0.261 e. The maximum absolute atomic E-state index is 12.2. The molecule has 1 fully saturated rings. The lowest BCUT2D eigenvalue weighted by Gasteiger charge is -2.15. The van der Waals surface area contributed by atoms with Crippen molar-refractivity contribution in [2.24, 2.45) is 5.92 Å². The minimum atomic E-state index is -0.244. The van der Waals surface area contributed by atoms with Gasteiger partial charge in [-0.05, 0) is 46.7 Å². The number of likely N-dealkylation sites (tertiary alicyclic amines) is 1. The van der Waals surface area contributed by atoms with Gasteiger partial charge in [-0.3, -0.25) is 14.5 Å². The van der Waals surface area contributed by atoms with Gasteiger partial charge in [0.05, 0.1) is 5.56 Å². The molecule has 1 saturated heterocycles. The first-order valence-corrected chi connectivity index (χ1v) is 6.74. The van der Waals surface area contributed by atoms with Crippen LogP contribution in [-0.2, 0) is 4.79 Å². The van der Waals surface area contributed by atoms with E-state index >= 15 is 0 Å². The molecule has 0 spiro atoms. The van der Waals surface area contributed by atoms with Gasteiger partial charge in [0.25, 0.3) is 5.91 Å². The van der Waals surface area contributed by atoms with Crippen LogP contribution < -0.4 is 0 Å². The largest absolute Gasteiger partial charge is 0.278 e. The first kappa shape index (κ1) is 12.8. The molecule has 1 aliphatic rings. The number of nitrogens with zero attached hydrogens (tertiary/aromatic N) is 1. The molecule has 2 amide bonds. The third kappa shape index (κ3) is 2.63. The highest BCUT2D eigenvalue weighted by Crippen LogP contribution is 2.23. The van der Waals surface area contributed by atoms with E-state index in [1.807, 2.05) is 6.92 Å². The third-order valence-electron chi connectivity index (χ3n) is 2.72. The highest BCUT2D eigenvalue weighted by atomic mass is 127. The molecular formula is C12H11ClINO2. The number of amides is 2. The Morgan fingerprint density at radius 1 is 1.53 bits per heavy atom. The molecule has 5 heteroatoms. The van der Waals surface area contributed by atoms with Crippen LogP contribution in [0.15, 0.2) is 18.2 Å². The lowest BCUT2D eigenvalue weighted by Crippen LogP contribution is -2.32. The smallest absolute Gasteiger partial charge is 0.261 e. The number of imide groups is 1. The van der Waals surface area contributed by atoms with Crippen molar-refractivity contribution in [2.45, 2.75) is 13.3 Å². The van der Waals surface area contributed by atoms with Crippen molar-refractivity contribution in [2.75, 3.05) is 6.54 Å². The van der Waals surface area contributed by atoms with Crippen LogP contribution in [0, 0.1) is 9.49 Å². The second-order valence-corrected chi connectivity index (χ2v) is 5.84. The fraction of sp³-hybridized carbons (Fsp3) is 0.333.